The van der Waals surface area contributed by atoms with Crippen LogP contribution in [0.4, 0.5) is 0 Å². The molecule has 0 aliphatic carbocycles. The number of nitrogens with one attached hydrogen (secondary N) is 1. The number of likely N-dealkylation sites (N-methyl/N-ethyl adjacent to an activating group) is 1. The Morgan fingerprint density at radius 3 is 2.27 bits per heavy atom. The molecule has 0 amide bonds. The highest BCUT2D eigenvalue weighted by Crippen LogP contribution is 2.20. The normalized spacial score (nSPS) is 20.5. The van der Waals surface area contributed by atoms with Gasteiger partial charge in [-0.15, -0.1) is 0 Å². The summed E-state index contributed by atoms with van der Waals surface area (Å²) in [6.45, 7) is 9.21. The summed E-state index contributed by atoms with van der Waals surface area (Å²) in [7, 11) is 2.23. The van der Waals surface area contributed by atoms with Crippen molar-refractivity contribution in [2.75, 3.05) is 20.1 Å². The fourth-order valence-corrected chi connectivity index (χ4v) is 1.29. The van der Waals surface area contributed by atoms with Crippen LogP contribution in [0.1, 0.15) is 27.2 Å². The molecule has 1 aliphatic heterocycles. The minimum Gasteiger partial charge on any atom is -0.314 e. The zero-order chi connectivity index (χ0) is 8.48. The van der Waals surface area contributed by atoms with Gasteiger partial charge in [-0.1, -0.05) is 6.92 Å². The maximum absolute atomic E-state index is 3.30. The van der Waals surface area contributed by atoms with E-state index in [1.807, 2.05) is 0 Å². The predicted octanol–water partition coefficient (Wildman–Crippen LogP) is 1.08. The molecule has 0 aromatic carbocycles. The van der Waals surface area contributed by atoms with Gasteiger partial charge in [0, 0.05) is 24.7 Å². The monoisotopic (exact) mass is 156 g/mol. The van der Waals surface area contributed by atoms with E-state index in [4.69, 9.17) is 0 Å². The van der Waals surface area contributed by atoms with E-state index < -0.39 is 0 Å². The van der Waals surface area contributed by atoms with Gasteiger partial charge in [0.05, 0.1) is 0 Å². The summed E-state index contributed by atoms with van der Waals surface area (Å²) < 4.78 is 0. The van der Waals surface area contributed by atoms with Gasteiger partial charge in [0.2, 0.25) is 0 Å². The third-order valence-electron chi connectivity index (χ3n) is 3.13. The highest BCUT2D eigenvalue weighted by Gasteiger charge is 2.30. The van der Waals surface area contributed by atoms with Crippen molar-refractivity contribution in [2.45, 2.75) is 38.8 Å². The van der Waals surface area contributed by atoms with Crippen molar-refractivity contribution < 1.29 is 0 Å². The second-order valence-corrected chi connectivity index (χ2v) is 4.09. The van der Waals surface area contributed by atoms with Gasteiger partial charge in [-0.25, -0.2) is 0 Å². The van der Waals surface area contributed by atoms with Crippen LogP contribution in [-0.2, 0) is 0 Å². The average Bonchev–Trinajstić information content (AvgIpc) is 1.84. The van der Waals surface area contributed by atoms with Crippen molar-refractivity contribution in [3.8, 4) is 0 Å². The molecule has 0 aromatic heterocycles. The van der Waals surface area contributed by atoms with Gasteiger partial charge < -0.3 is 5.32 Å². The summed E-state index contributed by atoms with van der Waals surface area (Å²) in [5.74, 6) is 0. The predicted molar refractivity (Wildman–Crippen MR) is 48.8 cm³/mol. The molecule has 2 nitrogen and oxygen atoms in total. The lowest BCUT2D eigenvalue weighted by Gasteiger charge is -2.45. The van der Waals surface area contributed by atoms with Crippen LogP contribution in [0.2, 0.25) is 0 Å². The minimum atomic E-state index is 0.368. The molecule has 1 aliphatic rings. The molecular weight excluding hydrogens is 136 g/mol. The molecule has 0 spiro atoms. The summed E-state index contributed by atoms with van der Waals surface area (Å²) >= 11 is 0. The number of hydrogen-bond donors (Lipinski definition) is 1. The van der Waals surface area contributed by atoms with Crippen molar-refractivity contribution in [3.63, 3.8) is 0 Å². The zero-order valence-electron chi connectivity index (χ0n) is 8.15. The Bertz CT molecular complexity index is 128. The Morgan fingerprint density at radius 1 is 1.45 bits per heavy atom. The first kappa shape index (κ1) is 9.01. The second-order valence-electron chi connectivity index (χ2n) is 4.09. The van der Waals surface area contributed by atoms with E-state index in [0.29, 0.717) is 5.54 Å². The first-order valence-corrected chi connectivity index (χ1v) is 4.51. The Balaban J connectivity index is 2.44. The number of rotatable bonds is 3. The lowest BCUT2D eigenvalue weighted by Crippen LogP contribution is -2.61. The molecule has 1 heterocycles. The van der Waals surface area contributed by atoms with Crippen LogP contribution < -0.4 is 5.32 Å². The Morgan fingerprint density at radius 2 is 2.00 bits per heavy atom. The third kappa shape index (κ3) is 1.74. The Labute approximate surface area is 70.0 Å². The lowest BCUT2D eigenvalue weighted by atomic mass is 9.96. The quantitative estimate of drug-likeness (QED) is 0.658. The van der Waals surface area contributed by atoms with E-state index >= 15 is 0 Å². The van der Waals surface area contributed by atoms with Gasteiger partial charge in [0.25, 0.3) is 0 Å². The van der Waals surface area contributed by atoms with Gasteiger partial charge in [0.1, 0.15) is 0 Å². The highest BCUT2D eigenvalue weighted by atomic mass is 15.3. The standard InChI is InChI=1S/C9H20N2/c1-5-9(2,3)11(4)8-6-10-7-8/h8,10H,5-7H2,1-4H3. The SMILES string of the molecule is CCC(C)(C)N(C)C1CNC1. The van der Waals surface area contributed by atoms with Crippen LogP contribution in [0.25, 0.3) is 0 Å². The second kappa shape index (κ2) is 3.11. The molecule has 0 radical (unpaired) electrons. The molecule has 1 fully saturated rings. The summed E-state index contributed by atoms with van der Waals surface area (Å²) in [6, 6.07) is 0.768. The smallest absolute Gasteiger partial charge is 0.0347 e. The first-order chi connectivity index (χ1) is 5.08. The molecule has 0 aromatic rings. The van der Waals surface area contributed by atoms with Gasteiger partial charge >= 0.3 is 0 Å². The molecule has 0 saturated carbocycles. The summed E-state index contributed by atoms with van der Waals surface area (Å²) in [5.41, 5.74) is 0.368. The van der Waals surface area contributed by atoms with Crippen molar-refractivity contribution in [1.82, 2.24) is 10.2 Å². The molecular formula is C9H20N2. The Kier molecular flexibility index (Phi) is 2.55. The fourth-order valence-electron chi connectivity index (χ4n) is 1.29. The number of hydrogen-bond acceptors (Lipinski definition) is 2. The van der Waals surface area contributed by atoms with Gasteiger partial charge in [-0.2, -0.15) is 0 Å². The van der Waals surface area contributed by atoms with E-state index in [9.17, 15) is 0 Å². The molecule has 1 N–H and O–H groups in total. The van der Waals surface area contributed by atoms with Crippen LogP contribution in [0.15, 0.2) is 0 Å². The molecule has 11 heavy (non-hydrogen) atoms. The molecule has 0 atom stereocenters. The fraction of sp³-hybridized carbons (Fsp3) is 1.00. The molecule has 2 heteroatoms. The van der Waals surface area contributed by atoms with E-state index in [1.54, 1.807) is 0 Å². The highest BCUT2D eigenvalue weighted by molar-refractivity contribution is 4.90. The van der Waals surface area contributed by atoms with Gasteiger partial charge in [0.15, 0.2) is 0 Å². The summed E-state index contributed by atoms with van der Waals surface area (Å²) in [6.07, 6.45) is 1.22. The maximum Gasteiger partial charge on any atom is 0.0347 e. The van der Waals surface area contributed by atoms with Crippen molar-refractivity contribution in [1.29, 1.82) is 0 Å². The zero-order valence-corrected chi connectivity index (χ0v) is 8.15. The lowest BCUT2D eigenvalue weighted by molar-refractivity contribution is 0.0674. The largest absolute Gasteiger partial charge is 0.314 e. The van der Waals surface area contributed by atoms with E-state index in [0.717, 1.165) is 6.04 Å². The van der Waals surface area contributed by atoms with Crippen LogP contribution >= 0.6 is 0 Å². The molecule has 1 saturated heterocycles. The first-order valence-electron chi connectivity index (χ1n) is 4.51. The van der Waals surface area contributed by atoms with Crippen LogP contribution in [0.5, 0.6) is 0 Å². The van der Waals surface area contributed by atoms with Crippen molar-refractivity contribution >= 4 is 0 Å². The van der Waals surface area contributed by atoms with E-state index in [2.05, 4.69) is 38.0 Å². The third-order valence-corrected chi connectivity index (χ3v) is 3.13. The van der Waals surface area contributed by atoms with E-state index in [1.165, 1.54) is 19.5 Å². The maximum atomic E-state index is 3.30. The summed E-state index contributed by atoms with van der Waals surface area (Å²) in [5, 5.41) is 3.30. The van der Waals surface area contributed by atoms with Gasteiger partial charge in [-0.3, -0.25) is 4.90 Å². The van der Waals surface area contributed by atoms with Crippen LogP contribution in [-0.4, -0.2) is 36.6 Å². The van der Waals surface area contributed by atoms with Crippen LogP contribution in [0, 0.1) is 0 Å². The molecule has 66 valence electrons. The average molecular weight is 156 g/mol. The van der Waals surface area contributed by atoms with E-state index in [-0.39, 0.29) is 0 Å². The van der Waals surface area contributed by atoms with Crippen LogP contribution in [0.3, 0.4) is 0 Å². The minimum absolute atomic E-state index is 0.368. The number of nitrogens with zero attached hydrogens (tertiary/aromatic N) is 1. The molecule has 1 rings (SSSR count). The van der Waals surface area contributed by atoms with Crippen molar-refractivity contribution in [3.05, 3.63) is 0 Å². The summed E-state index contributed by atoms with van der Waals surface area (Å²) in [4.78, 5) is 2.49. The van der Waals surface area contributed by atoms with Gasteiger partial charge in [-0.05, 0) is 27.3 Å². The molecule has 0 bridgehead atoms. The molecule has 0 unspecified atom stereocenters. The Hall–Kier alpha value is -0.0800. The topological polar surface area (TPSA) is 15.3 Å². The van der Waals surface area contributed by atoms with Crippen molar-refractivity contribution in [2.24, 2.45) is 0 Å².